The maximum Gasteiger partial charge on any atom is 0.234 e. The molecule has 0 amide bonds. The number of halogens is 3. The van der Waals surface area contributed by atoms with Gasteiger partial charge in [-0.05, 0) is 6.55 Å². The van der Waals surface area contributed by atoms with Crippen molar-refractivity contribution in [3.63, 3.8) is 0 Å². The third kappa shape index (κ3) is 121. The lowest BCUT2D eigenvalue weighted by atomic mass is 11.9. The second-order valence-corrected chi connectivity index (χ2v) is 8.56. The maximum atomic E-state index is 5.18. The van der Waals surface area contributed by atoms with E-state index < -0.39 is 7.42 Å². The van der Waals surface area contributed by atoms with Crippen LogP contribution in [0.2, 0.25) is 13.1 Å². The minimum Gasteiger partial charge on any atom is -0.176 e. The van der Waals surface area contributed by atoms with Crippen molar-refractivity contribution in [1.29, 1.82) is 0 Å². The molecule has 46 valence electrons. The smallest absolute Gasteiger partial charge is 0.176 e. The number of rotatable bonds is 0. The molecule has 0 fully saturated rings. The van der Waals surface area contributed by atoms with E-state index in [1.54, 1.807) is 0 Å². The molecular weight excluding hydrogens is 187 g/mol. The van der Waals surface area contributed by atoms with Gasteiger partial charge in [-0.25, -0.2) is 0 Å². The van der Waals surface area contributed by atoms with Gasteiger partial charge in [-0.1, -0.05) is 6.55 Å². The summed E-state index contributed by atoms with van der Waals surface area (Å²) >= 11 is 15.5. The van der Waals surface area contributed by atoms with Gasteiger partial charge in [0.1, 0.15) is 8.83 Å². The normalized spacial score (nSPS) is 9.43. The van der Waals surface area contributed by atoms with E-state index in [1.807, 2.05) is 13.1 Å². The first kappa shape index (κ1) is 11.1. The second-order valence-electron chi connectivity index (χ2n) is 0.786. The van der Waals surface area contributed by atoms with Crippen molar-refractivity contribution in [2.24, 2.45) is 0 Å². The lowest BCUT2D eigenvalue weighted by molar-refractivity contribution is 2.34. The van der Waals surface area contributed by atoms with Crippen LogP contribution >= 0.6 is 33.2 Å². The van der Waals surface area contributed by atoms with E-state index >= 15 is 0 Å². The Balaban J connectivity index is 0. The number of hydrogen-bond donors (Lipinski definition) is 0. The Labute approximate surface area is 62.7 Å². The van der Waals surface area contributed by atoms with Gasteiger partial charge in [0.25, 0.3) is 0 Å². The Morgan fingerprint density at radius 1 is 1.43 bits per heavy atom. The van der Waals surface area contributed by atoms with Gasteiger partial charge in [0.2, 0.25) is 7.42 Å². The summed E-state index contributed by atoms with van der Waals surface area (Å²) in [6, 6.07) is 0. The summed E-state index contributed by atoms with van der Waals surface area (Å²) in [5.41, 5.74) is 0. The molecule has 0 aromatic carbocycles. The molecule has 0 aliphatic heterocycles. The second kappa shape index (κ2) is 10.3. The van der Waals surface area contributed by atoms with Crippen LogP contribution < -0.4 is 0 Å². The van der Waals surface area contributed by atoms with Crippen LogP contribution in [0.15, 0.2) is 0 Å². The maximum absolute atomic E-state index is 5.18. The molecule has 5 heteroatoms. The zero-order valence-corrected chi connectivity index (χ0v) is 9.26. The largest absolute Gasteiger partial charge is 0.234 e. The fraction of sp³-hybridized carbons (Fsp3) is 1.00. The summed E-state index contributed by atoms with van der Waals surface area (Å²) in [5.74, 6) is 0. The molecule has 0 atom stereocenters. The summed E-state index contributed by atoms with van der Waals surface area (Å²) < 4.78 is 0. The van der Waals surface area contributed by atoms with E-state index in [1.165, 1.54) is 0 Å². The van der Waals surface area contributed by atoms with E-state index in [0.29, 0.717) is 0 Å². The molecule has 0 nitrogen and oxygen atoms in total. The number of hydrogen-bond acceptors (Lipinski definition) is 0. The van der Waals surface area contributed by atoms with Crippen LogP contribution in [0, 0.1) is 0 Å². The fourth-order valence-corrected chi connectivity index (χ4v) is 0. The lowest BCUT2D eigenvalue weighted by Gasteiger charge is -1.68. The zero-order chi connectivity index (χ0) is 6.28. The minimum absolute atomic E-state index is 0.111. The summed E-state index contributed by atoms with van der Waals surface area (Å²) in [6.45, 7) is 3.87. The third-order valence-electron chi connectivity index (χ3n) is 0. The van der Waals surface area contributed by atoms with E-state index in [-0.39, 0.29) is 8.83 Å². The molecule has 0 aliphatic carbocycles. The SMILES string of the molecule is C[SiH2]Cl.C[SiH](Cl)Cl. The lowest BCUT2D eigenvalue weighted by Crippen LogP contribution is -1.72. The van der Waals surface area contributed by atoms with E-state index in [9.17, 15) is 0 Å². The van der Waals surface area contributed by atoms with Crippen molar-refractivity contribution < 1.29 is 0 Å². The first-order chi connectivity index (χ1) is 3.15. The Morgan fingerprint density at radius 3 is 1.43 bits per heavy atom. The van der Waals surface area contributed by atoms with Crippen LogP contribution in [0.25, 0.3) is 0 Å². The molecule has 0 aromatic heterocycles. The van der Waals surface area contributed by atoms with Gasteiger partial charge in [0.05, 0.1) is 0 Å². The molecule has 0 radical (unpaired) electrons. The highest BCUT2D eigenvalue weighted by Crippen LogP contribution is 1.89. The predicted octanol–water partition coefficient (Wildman–Crippen LogP) is 1.67. The molecule has 0 saturated heterocycles. The van der Waals surface area contributed by atoms with E-state index in [2.05, 4.69) is 0 Å². The summed E-state index contributed by atoms with van der Waals surface area (Å²) in [4.78, 5) is 0. The van der Waals surface area contributed by atoms with Gasteiger partial charge >= 0.3 is 0 Å². The Bertz CT molecular complexity index is 22.1. The van der Waals surface area contributed by atoms with Crippen molar-refractivity contribution in [2.45, 2.75) is 13.1 Å². The minimum atomic E-state index is -1.19. The van der Waals surface area contributed by atoms with Gasteiger partial charge in [0.15, 0.2) is 0 Å². The molecule has 0 bridgehead atoms. The van der Waals surface area contributed by atoms with Gasteiger partial charge in [-0.2, -0.15) is 33.2 Å². The van der Waals surface area contributed by atoms with Crippen molar-refractivity contribution in [3.8, 4) is 0 Å². The van der Waals surface area contributed by atoms with Crippen LogP contribution in [0.1, 0.15) is 0 Å². The highest BCUT2D eigenvalue weighted by molar-refractivity contribution is 7.33. The van der Waals surface area contributed by atoms with E-state index in [4.69, 9.17) is 33.2 Å². The van der Waals surface area contributed by atoms with Crippen LogP contribution in [-0.2, 0) is 0 Å². The Hall–Kier alpha value is 1.30. The fourth-order valence-electron chi connectivity index (χ4n) is 0. The topological polar surface area (TPSA) is 0 Å². The predicted molar refractivity (Wildman–Crippen MR) is 45.0 cm³/mol. The van der Waals surface area contributed by atoms with Gasteiger partial charge in [0, 0.05) is 0 Å². The summed E-state index contributed by atoms with van der Waals surface area (Å²) in [5, 5.41) is 0. The molecular formula is C2H9Cl3Si2. The molecule has 7 heavy (non-hydrogen) atoms. The van der Waals surface area contributed by atoms with Crippen LogP contribution in [0.3, 0.4) is 0 Å². The van der Waals surface area contributed by atoms with Crippen molar-refractivity contribution in [2.75, 3.05) is 0 Å². The molecule has 0 rings (SSSR count). The van der Waals surface area contributed by atoms with E-state index in [0.717, 1.165) is 0 Å². The summed E-state index contributed by atoms with van der Waals surface area (Å²) in [6.07, 6.45) is 0. The quantitative estimate of drug-likeness (QED) is 0.408. The zero-order valence-electron chi connectivity index (χ0n) is 4.42. The van der Waals surface area contributed by atoms with Crippen molar-refractivity contribution in [3.05, 3.63) is 0 Å². The Kier molecular flexibility index (Phi) is 16.4. The van der Waals surface area contributed by atoms with Crippen LogP contribution in [-0.4, -0.2) is 16.2 Å². The molecule has 0 saturated carbocycles. The third-order valence-corrected chi connectivity index (χ3v) is 0. The highest BCUT2D eigenvalue weighted by Gasteiger charge is 1.80. The monoisotopic (exact) mass is 194 g/mol. The van der Waals surface area contributed by atoms with Crippen molar-refractivity contribution in [1.82, 2.24) is 0 Å². The van der Waals surface area contributed by atoms with Crippen molar-refractivity contribution >= 4 is 49.5 Å². The van der Waals surface area contributed by atoms with Gasteiger partial charge in [-0.3, -0.25) is 0 Å². The molecule has 0 spiro atoms. The van der Waals surface area contributed by atoms with Gasteiger partial charge < -0.3 is 0 Å². The molecule has 0 aromatic rings. The molecule has 0 aliphatic rings. The standard InChI is InChI=1S/CH4Cl2Si.CH5ClSi/c1-4(2)3;1-3-2/h4H,1H3;3H2,1H3. The Morgan fingerprint density at radius 2 is 1.43 bits per heavy atom. The average molecular weight is 196 g/mol. The molecule has 0 unspecified atom stereocenters. The molecule has 0 N–H and O–H groups in total. The first-order valence-electron chi connectivity index (χ1n) is 1.99. The first-order valence-corrected chi connectivity index (χ1v) is 10.2. The van der Waals surface area contributed by atoms with Crippen LogP contribution in [0.5, 0.6) is 0 Å². The summed E-state index contributed by atoms with van der Waals surface area (Å²) in [7, 11) is -1.31. The average Bonchev–Trinajstić information content (AvgIpc) is 1.33. The van der Waals surface area contributed by atoms with Gasteiger partial charge in [-0.15, -0.1) is 0 Å². The molecule has 0 heterocycles. The highest BCUT2D eigenvalue weighted by atomic mass is 35.7. The van der Waals surface area contributed by atoms with Crippen LogP contribution in [0.4, 0.5) is 0 Å².